The van der Waals surface area contributed by atoms with E-state index in [1.54, 1.807) is 31.2 Å². The predicted octanol–water partition coefficient (Wildman–Crippen LogP) is 4.09. The highest BCUT2D eigenvalue weighted by atomic mass is 79.9. The molecule has 0 radical (unpaired) electrons. The molecule has 0 saturated carbocycles. The van der Waals surface area contributed by atoms with Gasteiger partial charge in [-0.1, -0.05) is 41.6 Å². The van der Waals surface area contributed by atoms with E-state index in [9.17, 15) is 13.2 Å². The van der Waals surface area contributed by atoms with Gasteiger partial charge in [0.1, 0.15) is 12.4 Å². The van der Waals surface area contributed by atoms with Crippen molar-refractivity contribution in [3.8, 4) is 17.6 Å². The lowest BCUT2D eigenvalue weighted by Crippen LogP contribution is -2.29. The van der Waals surface area contributed by atoms with Crippen molar-refractivity contribution in [3.63, 3.8) is 0 Å². The predicted molar refractivity (Wildman–Crippen MR) is 133 cm³/mol. The number of esters is 1. The van der Waals surface area contributed by atoms with E-state index in [0.29, 0.717) is 22.3 Å². The van der Waals surface area contributed by atoms with E-state index >= 15 is 0 Å². The molecule has 0 aromatic heterocycles. The third kappa shape index (κ3) is 6.73. The van der Waals surface area contributed by atoms with Gasteiger partial charge in [-0.25, -0.2) is 13.2 Å². The lowest BCUT2D eigenvalue weighted by Gasteiger charge is -2.24. The zero-order valence-corrected chi connectivity index (χ0v) is 21.9. The van der Waals surface area contributed by atoms with Crippen molar-refractivity contribution in [3.05, 3.63) is 52.0 Å². The van der Waals surface area contributed by atoms with E-state index < -0.39 is 16.0 Å². The summed E-state index contributed by atoms with van der Waals surface area (Å²) in [5, 5.41) is 0. The van der Waals surface area contributed by atoms with Crippen LogP contribution in [0.1, 0.15) is 29.8 Å². The molecule has 2 aromatic rings. The number of carbonyl (C=O) groups excluding carboxylic acids is 1. The van der Waals surface area contributed by atoms with Gasteiger partial charge in [-0.2, -0.15) is 0 Å². The van der Waals surface area contributed by atoms with Crippen molar-refractivity contribution in [2.45, 2.75) is 25.7 Å². The first-order chi connectivity index (χ1) is 15.6. The van der Waals surface area contributed by atoms with Crippen LogP contribution in [-0.2, 0) is 14.8 Å². The molecule has 33 heavy (non-hydrogen) atoms. The zero-order chi connectivity index (χ0) is 24.6. The number of anilines is 1. The molecule has 0 aliphatic heterocycles. The average Bonchev–Trinajstić information content (AvgIpc) is 2.80. The van der Waals surface area contributed by atoms with Crippen molar-refractivity contribution in [1.82, 2.24) is 4.90 Å². The summed E-state index contributed by atoms with van der Waals surface area (Å²) < 4.78 is 38.7. The van der Waals surface area contributed by atoms with Crippen LogP contribution >= 0.6 is 15.9 Å². The summed E-state index contributed by atoms with van der Waals surface area (Å²) in [6, 6.07) is 9.39. The van der Waals surface area contributed by atoms with Crippen molar-refractivity contribution in [2.75, 3.05) is 44.7 Å². The van der Waals surface area contributed by atoms with Gasteiger partial charge in [0.05, 0.1) is 29.8 Å². The normalized spacial score (nSPS) is 11.0. The van der Waals surface area contributed by atoms with Gasteiger partial charge in [0, 0.05) is 11.5 Å². The van der Waals surface area contributed by atoms with Crippen molar-refractivity contribution in [2.24, 2.45) is 0 Å². The summed E-state index contributed by atoms with van der Waals surface area (Å²) in [4.78, 5) is 14.5. The monoisotopic (exact) mass is 536 g/mol. The minimum atomic E-state index is -3.93. The molecular weight excluding hydrogens is 508 g/mol. The standard InChI is InChI=1S/C24H29BrN2O5S/c1-6-27(7-2)14-8-9-15-32-20-10-12-21(13-11-20)33(29,30)26(4)23-18(3)16-19(25)17-22(23)24(28)31-5/h10-13,16-17H,6-7,14-15H2,1-5H3. The van der Waals surface area contributed by atoms with Crippen LogP contribution in [0.3, 0.4) is 0 Å². The van der Waals surface area contributed by atoms with E-state index in [4.69, 9.17) is 9.47 Å². The van der Waals surface area contributed by atoms with Gasteiger partial charge >= 0.3 is 5.97 Å². The Labute approximate surface area is 204 Å². The molecule has 0 fully saturated rings. The second kappa shape index (κ2) is 12.1. The smallest absolute Gasteiger partial charge is 0.340 e. The number of halogens is 1. The van der Waals surface area contributed by atoms with Gasteiger partial charge in [0.15, 0.2) is 0 Å². The summed E-state index contributed by atoms with van der Waals surface area (Å²) in [6.07, 6.45) is 0. The number of nitrogens with zero attached hydrogens (tertiary/aromatic N) is 2. The average molecular weight is 537 g/mol. The molecule has 0 heterocycles. The lowest BCUT2D eigenvalue weighted by atomic mass is 10.1. The van der Waals surface area contributed by atoms with Crippen LogP contribution in [0.4, 0.5) is 5.69 Å². The van der Waals surface area contributed by atoms with Gasteiger partial charge in [-0.3, -0.25) is 9.21 Å². The first-order valence-corrected chi connectivity index (χ1v) is 12.7. The lowest BCUT2D eigenvalue weighted by molar-refractivity contribution is 0.0601. The number of methoxy groups -OCH3 is 1. The van der Waals surface area contributed by atoms with E-state index in [0.717, 1.165) is 17.4 Å². The minimum absolute atomic E-state index is 0.0723. The maximum atomic E-state index is 13.3. The molecule has 0 aliphatic carbocycles. The maximum Gasteiger partial charge on any atom is 0.340 e. The molecule has 9 heteroatoms. The van der Waals surface area contributed by atoms with Gasteiger partial charge in [-0.05, 0) is 62.0 Å². The molecule has 0 bridgehead atoms. The molecule has 0 atom stereocenters. The Balaban J connectivity index is 2.20. The van der Waals surface area contributed by atoms with Crippen LogP contribution in [-0.4, -0.2) is 59.7 Å². The van der Waals surface area contributed by atoms with E-state index in [2.05, 4.69) is 46.5 Å². The summed E-state index contributed by atoms with van der Waals surface area (Å²) in [7, 11) is -1.27. The highest BCUT2D eigenvalue weighted by Crippen LogP contribution is 2.33. The SMILES string of the molecule is CCN(CC)CC#CCOc1ccc(S(=O)(=O)N(C)c2c(C)cc(Br)cc2C(=O)OC)cc1. The summed E-state index contributed by atoms with van der Waals surface area (Å²) in [5.41, 5.74) is 1.02. The van der Waals surface area contributed by atoms with Crippen LogP contribution in [0, 0.1) is 18.8 Å². The second-order valence-corrected chi connectivity index (χ2v) is 10.0. The zero-order valence-electron chi connectivity index (χ0n) is 19.5. The van der Waals surface area contributed by atoms with E-state index in [1.807, 2.05) is 0 Å². The minimum Gasteiger partial charge on any atom is -0.481 e. The third-order valence-electron chi connectivity index (χ3n) is 5.10. The van der Waals surface area contributed by atoms with Crippen LogP contribution in [0.15, 0.2) is 45.8 Å². The first kappa shape index (κ1) is 26.7. The van der Waals surface area contributed by atoms with Gasteiger partial charge in [0.2, 0.25) is 0 Å². The van der Waals surface area contributed by atoms with Crippen molar-refractivity contribution in [1.29, 1.82) is 0 Å². The molecule has 2 aromatic carbocycles. The molecular formula is C24H29BrN2O5S. The Morgan fingerprint density at radius 2 is 1.73 bits per heavy atom. The van der Waals surface area contributed by atoms with Gasteiger partial charge < -0.3 is 9.47 Å². The van der Waals surface area contributed by atoms with Gasteiger partial charge in [0.25, 0.3) is 10.0 Å². The Morgan fingerprint density at radius 3 is 2.30 bits per heavy atom. The number of hydrogen-bond acceptors (Lipinski definition) is 6. The molecule has 0 aliphatic rings. The Bertz CT molecular complexity index is 1130. The van der Waals surface area contributed by atoms with Crippen molar-refractivity contribution < 1.29 is 22.7 Å². The topological polar surface area (TPSA) is 76.2 Å². The summed E-state index contributed by atoms with van der Waals surface area (Å²) >= 11 is 3.34. The van der Waals surface area contributed by atoms with Crippen LogP contribution in [0.2, 0.25) is 0 Å². The third-order valence-corrected chi connectivity index (χ3v) is 7.33. The Morgan fingerprint density at radius 1 is 1.09 bits per heavy atom. The summed E-state index contributed by atoms with van der Waals surface area (Å²) in [6.45, 7) is 8.69. The number of rotatable bonds is 9. The van der Waals surface area contributed by atoms with Crippen LogP contribution in [0.25, 0.3) is 0 Å². The molecule has 0 saturated heterocycles. The van der Waals surface area contributed by atoms with E-state index in [1.165, 1.54) is 26.3 Å². The fraction of sp³-hybridized carbons (Fsp3) is 0.375. The quantitative estimate of drug-likeness (QED) is 0.354. The molecule has 178 valence electrons. The van der Waals surface area contributed by atoms with E-state index in [-0.39, 0.29) is 22.8 Å². The second-order valence-electron chi connectivity index (χ2n) is 7.16. The van der Waals surface area contributed by atoms with Crippen molar-refractivity contribution >= 4 is 37.6 Å². The maximum absolute atomic E-state index is 13.3. The summed E-state index contributed by atoms with van der Waals surface area (Å²) in [5.74, 6) is 5.92. The Kier molecular flexibility index (Phi) is 9.77. The molecule has 0 spiro atoms. The first-order valence-electron chi connectivity index (χ1n) is 10.4. The highest BCUT2D eigenvalue weighted by molar-refractivity contribution is 9.10. The molecule has 7 nitrogen and oxygen atoms in total. The molecule has 0 N–H and O–H groups in total. The number of carbonyl (C=O) groups is 1. The largest absolute Gasteiger partial charge is 0.481 e. The molecule has 0 amide bonds. The fourth-order valence-electron chi connectivity index (χ4n) is 3.19. The number of benzene rings is 2. The number of ether oxygens (including phenoxy) is 2. The van der Waals surface area contributed by atoms with Crippen LogP contribution in [0.5, 0.6) is 5.75 Å². The van der Waals surface area contributed by atoms with Crippen LogP contribution < -0.4 is 9.04 Å². The molecule has 0 unspecified atom stereocenters. The van der Waals surface area contributed by atoms with Gasteiger partial charge in [-0.15, -0.1) is 0 Å². The number of sulfonamides is 1. The molecule has 2 rings (SSSR count). The number of aryl methyl sites for hydroxylation is 1. The number of hydrogen-bond donors (Lipinski definition) is 0. The Hall–Kier alpha value is -2.54. The highest BCUT2D eigenvalue weighted by Gasteiger charge is 2.27. The fourth-order valence-corrected chi connectivity index (χ4v) is 5.04.